The van der Waals surface area contributed by atoms with Gasteiger partial charge in [0, 0.05) is 0 Å². The van der Waals surface area contributed by atoms with Gasteiger partial charge in [-0.1, -0.05) is 50.3 Å². The van der Waals surface area contributed by atoms with Gasteiger partial charge in [-0.05, 0) is 61.1 Å². The Morgan fingerprint density at radius 1 is 1.00 bits per heavy atom. The molecule has 1 nitrogen and oxygen atoms in total. The van der Waals surface area contributed by atoms with Crippen molar-refractivity contribution >= 4 is 0 Å². The summed E-state index contributed by atoms with van der Waals surface area (Å²) in [5.41, 5.74) is 4.40. The fourth-order valence-electron chi connectivity index (χ4n) is 4.03. The number of aliphatic hydroxyl groups excluding tert-OH is 1. The molecule has 0 aromatic heterocycles. The molecule has 0 amide bonds. The molecule has 3 rings (SSSR count). The highest BCUT2D eigenvalue weighted by Gasteiger charge is 2.16. The minimum absolute atomic E-state index is 0.142. The van der Waals surface area contributed by atoms with Crippen molar-refractivity contribution in [3.05, 3.63) is 34.9 Å². The molecule has 1 aromatic carbocycles. The molecule has 0 bridgehead atoms. The van der Waals surface area contributed by atoms with Crippen LogP contribution in [0, 0.1) is 5.92 Å². The summed E-state index contributed by atoms with van der Waals surface area (Å²) in [6.45, 7) is 0. The van der Waals surface area contributed by atoms with Crippen LogP contribution in [0.15, 0.2) is 18.2 Å². The van der Waals surface area contributed by atoms with E-state index in [0.717, 1.165) is 18.8 Å². The van der Waals surface area contributed by atoms with Crippen molar-refractivity contribution in [1.82, 2.24) is 0 Å². The summed E-state index contributed by atoms with van der Waals surface area (Å²) >= 11 is 0. The van der Waals surface area contributed by atoms with Crippen molar-refractivity contribution in [2.75, 3.05) is 0 Å². The molecular weight excluding hydrogens is 244 g/mol. The lowest BCUT2D eigenvalue weighted by molar-refractivity contribution is 0.149. The van der Waals surface area contributed by atoms with E-state index in [1.807, 2.05) is 0 Å². The van der Waals surface area contributed by atoms with E-state index < -0.39 is 0 Å². The summed E-state index contributed by atoms with van der Waals surface area (Å²) in [5.74, 6) is 0.887. The van der Waals surface area contributed by atoms with E-state index in [-0.39, 0.29) is 6.10 Å². The number of rotatable bonds is 5. The molecule has 1 N–H and O–H groups in total. The van der Waals surface area contributed by atoms with Gasteiger partial charge in [-0.25, -0.2) is 0 Å². The van der Waals surface area contributed by atoms with Gasteiger partial charge in [-0.3, -0.25) is 0 Å². The summed E-state index contributed by atoms with van der Waals surface area (Å²) in [6.07, 6.45) is 13.7. The van der Waals surface area contributed by atoms with Crippen molar-refractivity contribution in [2.45, 2.75) is 76.7 Å². The minimum Gasteiger partial charge on any atom is -0.393 e. The van der Waals surface area contributed by atoms with Gasteiger partial charge in [0.05, 0.1) is 6.10 Å². The molecule has 1 atom stereocenters. The third kappa shape index (κ3) is 3.63. The lowest BCUT2D eigenvalue weighted by Gasteiger charge is -2.22. The molecule has 1 saturated carbocycles. The summed E-state index contributed by atoms with van der Waals surface area (Å²) < 4.78 is 0. The lowest BCUT2D eigenvalue weighted by Crippen LogP contribution is -2.14. The highest BCUT2D eigenvalue weighted by Crippen LogP contribution is 2.28. The first-order chi connectivity index (χ1) is 9.81. The molecule has 2 aliphatic rings. The van der Waals surface area contributed by atoms with Crippen LogP contribution in [0.25, 0.3) is 0 Å². The fraction of sp³-hybridized carbons (Fsp3) is 0.684. The van der Waals surface area contributed by atoms with Crippen molar-refractivity contribution in [2.24, 2.45) is 5.92 Å². The molecule has 1 aromatic rings. The predicted molar refractivity (Wildman–Crippen MR) is 84.0 cm³/mol. The number of aryl methyl sites for hydroxylation is 2. The lowest BCUT2D eigenvalue weighted by atomic mass is 9.85. The summed E-state index contributed by atoms with van der Waals surface area (Å²) in [4.78, 5) is 0. The third-order valence-electron chi connectivity index (χ3n) is 5.27. The van der Waals surface area contributed by atoms with E-state index in [4.69, 9.17) is 0 Å². The van der Waals surface area contributed by atoms with Crippen LogP contribution in [-0.2, 0) is 19.3 Å². The Morgan fingerprint density at radius 3 is 2.65 bits per heavy atom. The Morgan fingerprint density at radius 2 is 1.80 bits per heavy atom. The van der Waals surface area contributed by atoms with Crippen LogP contribution in [-0.4, -0.2) is 11.2 Å². The Balaban J connectivity index is 1.47. The Hall–Kier alpha value is -0.820. The number of aliphatic hydroxyl groups is 1. The van der Waals surface area contributed by atoms with Gasteiger partial charge < -0.3 is 5.11 Å². The maximum absolute atomic E-state index is 10.3. The van der Waals surface area contributed by atoms with E-state index in [1.54, 1.807) is 0 Å². The van der Waals surface area contributed by atoms with Crippen LogP contribution in [0.3, 0.4) is 0 Å². The molecule has 0 aliphatic heterocycles. The van der Waals surface area contributed by atoms with Gasteiger partial charge in [-0.2, -0.15) is 0 Å². The second-order valence-electron chi connectivity index (χ2n) is 6.90. The van der Waals surface area contributed by atoms with Gasteiger partial charge in [0.1, 0.15) is 0 Å². The minimum atomic E-state index is -0.142. The number of fused-ring (bicyclic) bond motifs is 1. The topological polar surface area (TPSA) is 20.2 Å². The average Bonchev–Trinajstić information content (AvgIpc) is 2.94. The van der Waals surface area contributed by atoms with E-state index in [1.165, 1.54) is 74.5 Å². The fourth-order valence-corrected chi connectivity index (χ4v) is 4.03. The second kappa shape index (κ2) is 6.76. The molecule has 20 heavy (non-hydrogen) atoms. The van der Waals surface area contributed by atoms with Crippen LogP contribution in [0.1, 0.15) is 68.1 Å². The maximum atomic E-state index is 10.3. The molecule has 0 saturated heterocycles. The average molecular weight is 272 g/mol. The Kier molecular flexibility index (Phi) is 4.77. The first kappa shape index (κ1) is 14.1. The van der Waals surface area contributed by atoms with Crippen molar-refractivity contribution in [3.8, 4) is 0 Å². The second-order valence-corrected chi connectivity index (χ2v) is 6.90. The van der Waals surface area contributed by atoms with Crippen molar-refractivity contribution in [3.63, 3.8) is 0 Å². The summed E-state index contributed by atoms with van der Waals surface area (Å²) in [7, 11) is 0. The zero-order chi connectivity index (χ0) is 13.8. The van der Waals surface area contributed by atoms with Crippen LogP contribution >= 0.6 is 0 Å². The van der Waals surface area contributed by atoms with Crippen LogP contribution < -0.4 is 0 Å². The summed E-state index contributed by atoms with van der Waals surface area (Å²) in [6, 6.07) is 6.85. The Labute approximate surface area is 123 Å². The molecule has 1 unspecified atom stereocenters. The number of hydrogen-bond donors (Lipinski definition) is 1. The van der Waals surface area contributed by atoms with Crippen LogP contribution in [0.4, 0.5) is 0 Å². The quantitative estimate of drug-likeness (QED) is 0.840. The number of hydrogen-bond acceptors (Lipinski definition) is 1. The van der Waals surface area contributed by atoms with E-state index >= 15 is 0 Å². The molecule has 110 valence electrons. The molecule has 0 spiro atoms. The SMILES string of the molecule is OC(CCC1CCCCC1)Cc1ccc2c(c1)CCC2. The van der Waals surface area contributed by atoms with Crippen molar-refractivity contribution < 1.29 is 5.11 Å². The Bertz CT molecular complexity index is 431. The highest BCUT2D eigenvalue weighted by atomic mass is 16.3. The normalized spacial score (nSPS) is 20.9. The zero-order valence-corrected chi connectivity index (χ0v) is 12.6. The highest BCUT2D eigenvalue weighted by molar-refractivity contribution is 5.35. The molecule has 2 aliphatic carbocycles. The molecule has 0 radical (unpaired) electrons. The monoisotopic (exact) mass is 272 g/mol. The molecular formula is C19H28O. The molecule has 1 heteroatoms. The van der Waals surface area contributed by atoms with E-state index in [0.29, 0.717) is 0 Å². The third-order valence-corrected chi connectivity index (χ3v) is 5.27. The van der Waals surface area contributed by atoms with Crippen LogP contribution in [0.2, 0.25) is 0 Å². The van der Waals surface area contributed by atoms with Gasteiger partial charge >= 0.3 is 0 Å². The predicted octanol–water partition coefficient (Wildman–Crippen LogP) is 4.44. The smallest absolute Gasteiger partial charge is 0.0580 e. The first-order valence-electron chi connectivity index (χ1n) is 8.60. The van der Waals surface area contributed by atoms with Gasteiger partial charge in [0.25, 0.3) is 0 Å². The standard InChI is InChI=1S/C19H28O/c20-19(12-10-15-5-2-1-3-6-15)14-16-9-11-17-7-4-8-18(17)13-16/h9,11,13,15,19-20H,1-8,10,12,14H2. The maximum Gasteiger partial charge on any atom is 0.0580 e. The number of benzene rings is 1. The van der Waals surface area contributed by atoms with Crippen molar-refractivity contribution in [1.29, 1.82) is 0 Å². The largest absolute Gasteiger partial charge is 0.393 e. The first-order valence-corrected chi connectivity index (χ1v) is 8.60. The van der Waals surface area contributed by atoms with Crippen LogP contribution in [0.5, 0.6) is 0 Å². The van der Waals surface area contributed by atoms with Gasteiger partial charge in [-0.15, -0.1) is 0 Å². The molecule has 1 fully saturated rings. The van der Waals surface area contributed by atoms with Gasteiger partial charge in [0.15, 0.2) is 0 Å². The van der Waals surface area contributed by atoms with E-state index in [9.17, 15) is 5.11 Å². The summed E-state index contributed by atoms with van der Waals surface area (Å²) in [5, 5.41) is 10.3. The van der Waals surface area contributed by atoms with Gasteiger partial charge in [0.2, 0.25) is 0 Å². The zero-order valence-electron chi connectivity index (χ0n) is 12.6. The molecule has 0 heterocycles. The van der Waals surface area contributed by atoms with E-state index in [2.05, 4.69) is 18.2 Å².